The van der Waals surface area contributed by atoms with Crippen LogP contribution in [-0.4, -0.2) is 44.7 Å². The summed E-state index contributed by atoms with van der Waals surface area (Å²) in [7, 11) is -3.92. The number of nitrogens with zero attached hydrogens (tertiary/aromatic N) is 2. The summed E-state index contributed by atoms with van der Waals surface area (Å²) in [6.45, 7) is -0.756. The quantitative estimate of drug-likeness (QED) is 0.779. The zero-order valence-corrected chi connectivity index (χ0v) is 14.4. The summed E-state index contributed by atoms with van der Waals surface area (Å²) in [5.74, 6) is -1.54. The van der Waals surface area contributed by atoms with E-state index < -0.39 is 40.0 Å². The average molecular weight is 393 g/mol. The number of amides is 2. The Labute approximate surface area is 148 Å². The van der Waals surface area contributed by atoms with Gasteiger partial charge in [-0.15, -0.1) is 0 Å². The lowest BCUT2D eigenvalue weighted by atomic mass is 10.2. The van der Waals surface area contributed by atoms with Gasteiger partial charge < -0.3 is 5.32 Å². The number of halogens is 3. The van der Waals surface area contributed by atoms with Gasteiger partial charge in [0.1, 0.15) is 6.67 Å². The zero-order chi connectivity index (χ0) is 18.4. The van der Waals surface area contributed by atoms with Crippen LogP contribution >= 0.6 is 11.6 Å². The van der Waals surface area contributed by atoms with E-state index in [4.69, 9.17) is 11.6 Å². The van der Waals surface area contributed by atoms with Gasteiger partial charge >= 0.3 is 6.03 Å². The van der Waals surface area contributed by atoms with E-state index >= 15 is 0 Å². The number of rotatable bonds is 6. The molecule has 0 spiro atoms. The molecule has 11 heteroatoms. The molecule has 2 rings (SSSR count). The van der Waals surface area contributed by atoms with Gasteiger partial charge in [0.2, 0.25) is 10.0 Å². The third-order valence-corrected chi connectivity index (χ3v) is 4.76. The van der Waals surface area contributed by atoms with Crippen molar-refractivity contribution >= 4 is 45.2 Å². The number of nitrogens with one attached hydrogen (secondary N) is 2. The Morgan fingerprint density at radius 1 is 1.40 bits per heavy atom. The summed E-state index contributed by atoms with van der Waals surface area (Å²) >= 11 is 5.89. The number of allylic oxidation sites excluding steroid dienone is 1. The van der Waals surface area contributed by atoms with Gasteiger partial charge in [0.25, 0.3) is 0 Å². The molecule has 1 aliphatic rings. The molecule has 0 saturated heterocycles. The van der Waals surface area contributed by atoms with Crippen molar-refractivity contribution in [3.8, 4) is 0 Å². The van der Waals surface area contributed by atoms with E-state index in [-0.39, 0.29) is 23.8 Å². The third kappa shape index (κ3) is 5.13. The van der Waals surface area contributed by atoms with Gasteiger partial charge in [-0.25, -0.2) is 17.6 Å². The summed E-state index contributed by atoms with van der Waals surface area (Å²) < 4.78 is 52.2. The Kier molecular flexibility index (Phi) is 6.32. The molecule has 1 aliphatic heterocycles. The van der Waals surface area contributed by atoms with Crippen LogP contribution in [0.25, 0.3) is 0 Å². The maximum atomic E-state index is 14.5. The number of sulfonamides is 1. The second-order valence-electron chi connectivity index (χ2n) is 4.96. The number of urea groups is 1. The van der Waals surface area contributed by atoms with Gasteiger partial charge in [-0.2, -0.15) is 0 Å². The number of hydrogen-bond acceptors (Lipinski definition) is 4. The number of hydrogen-bond donors (Lipinski definition) is 2. The van der Waals surface area contributed by atoms with Crippen molar-refractivity contribution in [1.82, 2.24) is 4.90 Å². The minimum absolute atomic E-state index is 0.0527. The van der Waals surface area contributed by atoms with Gasteiger partial charge in [-0.05, 0) is 24.6 Å². The van der Waals surface area contributed by atoms with E-state index in [0.717, 1.165) is 6.07 Å². The van der Waals surface area contributed by atoms with Crippen LogP contribution in [-0.2, 0) is 10.0 Å². The van der Waals surface area contributed by atoms with Crippen LogP contribution in [0, 0.1) is 5.82 Å². The Hall–Kier alpha value is -2.20. The molecule has 0 atom stereocenters. The first-order chi connectivity index (χ1) is 11.8. The number of aliphatic imine (C=N–C) groups is 1. The average Bonchev–Trinajstić information content (AvgIpc) is 2.60. The number of benzene rings is 1. The minimum atomic E-state index is -3.92. The summed E-state index contributed by atoms with van der Waals surface area (Å²) in [6, 6.07) is 1.66. The van der Waals surface area contributed by atoms with Crippen molar-refractivity contribution in [2.24, 2.45) is 4.99 Å². The molecule has 25 heavy (non-hydrogen) atoms. The molecule has 0 saturated carbocycles. The van der Waals surface area contributed by atoms with Crippen LogP contribution in [0.1, 0.15) is 6.42 Å². The highest BCUT2D eigenvalue weighted by molar-refractivity contribution is 7.92. The number of anilines is 2. The topological polar surface area (TPSA) is 90.9 Å². The fourth-order valence-electron chi connectivity index (χ4n) is 1.91. The highest BCUT2D eigenvalue weighted by atomic mass is 35.5. The molecule has 0 unspecified atom stereocenters. The van der Waals surface area contributed by atoms with Crippen LogP contribution in [0.5, 0.6) is 0 Å². The molecule has 2 N–H and O–H groups in total. The lowest BCUT2D eigenvalue weighted by Crippen LogP contribution is -2.32. The molecule has 0 aliphatic carbocycles. The van der Waals surface area contributed by atoms with Gasteiger partial charge in [0, 0.05) is 12.4 Å². The van der Waals surface area contributed by atoms with E-state index in [1.165, 1.54) is 29.5 Å². The largest absolute Gasteiger partial charge is 0.327 e. The maximum absolute atomic E-state index is 14.5. The van der Waals surface area contributed by atoms with Gasteiger partial charge in [0.15, 0.2) is 5.82 Å². The third-order valence-electron chi connectivity index (χ3n) is 3.09. The minimum Gasteiger partial charge on any atom is -0.303 e. The highest BCUT2D eigenvalue weighted by Gasteiger charge is 2.20. The Morgan fingerprint density at radius 2 is 2.16 bits per heavy atom. The summed E-state index contributed by atoms with van der Waals surface area (Å²) in [5, 5.41) is 2.17. The first-order valence-corrected chi connectivity index (χ1v) is 9.16. The van der Waals surface area contributed by atoms with Crippen molar-refractivity contribution in [2.75, 3.05) is 29.1 Å². The second-order valence-corrected chi connectivity index (χ2v) is 7.21. The van der Waals surface area contributed by atoms with Crippen molar-refractivity contribution in [1.29, 1.82) is 0 Å². The van der Waals surface area contributed by atoms with Gasteiger partial charge in [-0.1, -0.05) is 11.6 Å². The standard InChI is InChI=1S/C14H15ClF2N4O3S/c15-10-3-4-11(20-25(23,24)8-1-5-16)12(17)13(10)19-14(22)21-7-2-6-18-9-21/h2-4,6-7,20H,1,5,8-9H2,(H,19,22). The summed E-state index contributed by atoms with van der Waals surface area (Å²) in [4.78, 5) is 17.1. The van der Waals surface area contributed by atoms with E-state index in [0.29, 0.717) is 0 Å². The molecule has 0 fully saturated rings. The smallest absolute Gasteiger partial charge is 0.303 e. The second kappa shape index (κ2) is 8.26. The Morgan fingerprint density at radius 3 is 2.80 bits per heavy atom. The first-order valence-electron chi connectivity index (χ1n) is 7.13. The molecule has 1 aromatic rings. The molecular weight excluding hydrogens is 378 g/mol. The van der Waals surface area contributed by atoms with Crippen molar-refractivity contribution in [3.05, 3.63) is 35.2 Å². The molecule has 0 bridgehead atoms. The molecular formula is C14H15ClF2N4O3S. The number of carbonyl (C=O) groups is 1. The number of carbonyl (C=O) groups excluding carboxylic acids is 1. The van der Waals surface area contributed by atoms with E-state index in [2.05, 4.69) is 10.3 Å². The Bertz CT molecular complexity index is 815. The van der Waals surface area contributed by atoms with Crippen LogP contribution < -0.4 is 10.0 Å². The predicted molar refractivity (Wildman–Crippen MR) is 92.8 cm³/mol. The summed E-state index contributed by atoms with van der Waals surface area (Å²) in [5.41, 5.74) is -0.772. The molecule has 1 aromatic carbocycles. The number of alkyl halides is 1. The van der Waals surface area contributed by atoms with Gasteiger partial charge in [-0.3, -0.25) is 19.0 Å². The Balaban J connectivity index is 2.20. The van der Waals surface area contributed by atoms with Crippen LogP contribution in [0.4, 0.5) is 25.0 Å². The molecule has 0 radical (unpaired) electrons. The van der Waals surface area contributed by atoms with Crippen molar-refractivity contribution < 1.29 is 22.0 Å². The normalized spacial score (nSPS) is 13.8. The monoisotopic (exact) mass is 392 g/mol. The molecule has 1 heterocycles. The molecule has 7 nitrogen and oxygen atoms in total. The summed E-state index contributed by atoms with van der Waals surface area (Å²) in [6.07, 6.45) is 4.26. The first kappa shape index (κ1) is 19.1. The van der Waals surface area contributed by atoms with Gasteiger partial charge in [0.05, 0.1) is 28.8 Å². The van der Waals surface area contributed by atoms with Crippen LogP contribution in [0.15, 0.2) is 29.4 Å². The highest BCUT2D eigenvalue weighted by Crippen LogP contribution is 2.31. The lowest BCUT2D eigenvalue weighted by molar-refractivity contribution is 0.229. The zero-order valence-electron chi connectivity index (χ0n) is 12.9. The SMILES string of the molecule is O=C(Nc1c(Cl)ccc(NS(=O)(=O)CCCF)c1F)N1C=CC=NC1. The lowest BCUT2D eigenvalue weighted by Gasteiger charge is -2.20. The maximum Gasteiger partial charge on any atom is 0.327 e. The molecule has 0 aromatic heterocycles. The van der Waals surface area contributed by atoms with Crippen molar-refractivity contribution in [2.45, 2.75) is 6.42 Å². The van der Waals surface area contributed by atoms with Crippen LogP contribution in [0.3, 0.4) is 0 Å². The van der Waals surface area contributed by atoms with E-state index in [1.54, 1.807) is 0 Å². The van der Waals surface area contributed by atoms with E-state index in [9.17, 15) is 22.0 Å². The molecule has 136 valence electrons. The molecule has 2 amide bonds. The van der Waals surface area contributed by atoms with E-state index in [1.807, 2.05) is 4.72 Å². The van der Waals surface area contributed by atoms with Crippen molar-refractivity contribution in [3.63, 3.8) is 0 Å². The fraction of sp³-hybridized carbons (Fsp3) is 0.286. The van der Waals surface area contributed by atoms with Crippen LogP contribution in [0.2, 0.25) is 5.02 Å². The fourth-order valence-corrected chi connectivity index (χ4v) is 3.18. The predicted octanol–water partition coefficient (Wildman–Crippen LogP) is 2.97.